The fourth-order valence-electron chi connectivity index (χ4n) is 2.48. The van der Waals surface area contributed by atoms with Crippen molar-refractivity contribution >= 4 is 5.84 Å². The summed E-state index contributed by atoms with van der Waals surface area (Å²) < 4.78 is 0. The first-order valence-corrected chi connectivity index (χ1v) is 5.68. The molecule has 0 bridgehead atoms. The molecular weight excluding hydrogens is 186 g/mol. The second-order valence-corrected chi connectivity index (χ2v) is 4.32. The van der Waals surface area contributed by atoms with Crippen LogP contribution < -0.4 is 5.32 Å². The van der Waals surface area contributed by atoms with Crippen LogP contribution >= 0.6 is 0 Å². The number of fused-ring (bicyclic) bond motifs is 1. The monoisotopic (exact) mass is 201 g/mol. The van der Waals surface area contributed by atoms with E-state index >= 15 is 0 Å². The molecule has 0 aromatic carbocycles. The average Bonchev–Trinajstić information content (AvgIpc) is 2.74. The van der Waals surface area contributed by atoms with E-state index in [1.165, 1.54) is 31.2 Å². The fourth-order valence-corrected chi connectivity index (χ4v) is 2.48. The van der Waals surface area contributed by atoms with E-state index in [0.717, 1.165) is 5.84 Å². The van der Waals surface area contributed by atoms with E-state index < -0.39 is 0 Å². The summed E-state index contributed by atoms with van der Waals surface area (Å²) in [5, 5.41) is 3.53. The minimum Gasteiger partial charge on any atom is -0.365 e. The first-order chi connectivity index (χ1) is 7.43. The molecule has 0 saturated heterocycles. The van der Waals surface area contributed by atoms with Gasteiger partial charge in [-0.2, -0.15) is 0 Å². The molecule has 1 N–H and O–H groups in total. The molecule has 1 aromatic heterocycles. The second-order valence-electron chi connectivity index (χ2n) is 4.32. The Hall–Kier alpha value is -1.38. The maximum absolute atomic E-state index is 4.76. The number of nitrogens with zero attached hydrogens (tertiary/aromatic N) is 2. The number of aromatic nitrogens is 1. The number of nitrogens with one attached hydrogen (secondary N) is 1. The summed E-state index contributed by atoms with van der Waals surface area (Å²) in [5.74, 6) is 1.06. The Morgan fingerprint density at radius 2 is 1.93 bits per heavy atom. The molecule has 1 saturated carbocycles. The van der Waals surface area contributed by atoms with Gasteiger partial charge in [0.1, 0.15) is 5.84 Å². The molecule has 2 heterocycles. The molecule has 1 aliphatic carbocycles. The fraction of sp³-hybridized carbons (Fsp3) is 0.500. The molecule has 2 aliphatic rings. The minimum atomic E-state index is 0.516. The van der Waals surface area contributed by atoms with Crippen LogP contribution in [0, 0.1) is 0 Å². The molecular formula is C12H15N3. The third kappa shape index (κ3) is 1.62. The van der Waals surface area contributed by atoms with Crippen LogP contribution in [0.4, 0.5) is 0 Å². The van der Waals surface area contributed by atoms with Crippen molar-refractivity contribution in [1.29, 1.82) is 0 Å². The largest absolute Gasteiger partial charge is 0.365 e. The summed E-state index contributed by atoms with van der Waals surface area (Å²) in [6.45, 7) is 0. The summed E-state index contributed by atoms with van der Waals surface area (Å²) in [5.41, 5.74) is 1.17. The molecule has 1 aliphatic heterocycles. The minimum absolute atomic E-state index is 0.516. The summed E-state index contributed by atoms with van der Waals surface area (Å²) in [7, 11) is 0. The van der Waals surface area contributed by atoms with E-state index in [1.54, 1.807) is 0 Å². The van der Waals surface area contributed by atoms with Crippen molar-refractivity contribution in [2.24, 2.45) is 4.99 Å². The maximum Gasteiger partial charge on any atom is 0.129 e. The number of rotatable bonds is 1. The smallest absolute Gasteiger partial charge is 0.129 e. The summed E-state index contributed by atoms with van der Waals surface area (Å²) >= 11 is 0. The van der Waals surface area contributed by atoms with Crippen LogP contribution in [-0.2, 0) is 0 Å². The van der Waals surface area contributed by atoms with Gasteiger partial charge in [0.25, 0.3) is 0 Å². The summed E-state index contributed by atoms with van der Waals surface area (Å²) in [6.07, 6.45) is 8.82. The van der Waals surface area contributed by atoms with Gasteiger partial charge >= 0.3 is 0 Å². The highest BCUT2D eigenvalue weighted by molar-refractivity contribution is 6.00. The van der Waals surface area contributed by atoms with Crippen molar-refractivity contribution in [3.05, 3.63) is 30.1 Å². The highest BCUT2D eigenvalue weighted by Crippen LogP contribution is 2.25. The van der Waals surface area contributed by atoms with Crippen LogP contribution in [0.3, 0.4) is 0 Å². The van der Waals surface area contributed by atoms with Gasteiger partial charge in [0.2, 0.25) is 0 Å². The van der Waals surface area contributed by atoms with Crippen LogP contribution in [0.15, 0.2) is 29.5 Å². The van der Waals surface area contributed by atoms with Crippen LogP contribution in [-0.4, -0.2) is 22.9 Å². The van der Waals surface area contributed by atoms with Crippen LogP contribution in [0.1, 0.15) is 31.2 Å². The van der Waals surface area contributed by atoms with Crippen LogP contribution in [0.2, 0.25) is 0 Å². The highest BCUT2D eigenvalue weighted by atomic mass is 15.1. The zero-order chi connectivity index (χ0) is 10.1. The molecule has 3 nitrogen and oxygen atoms in total. The van der Waals surface area contributed by atoms with Gasteiger partial charge in [-0.1, -0.05) is 12.8 Å². The molecule has 0 spiro atoms. The van der Waals surface area contributed by atoms with E-state index in [1.807, 2.05) is 24.5 Å². The number of amidine groups is 1. The van der Waals surface area contributed by atoms with Crippen molar-refractivity contribution in [1.82, 2.24) is 10.3 Å². The lowest BCUT2D eigenvalue weighted by Crippen LogP contribution is -2.36. The van der Waals surface area contributed by atoms with Gasteiger partial charge in [-0.05, 0) is 25.0 Å². The Labute approximate surface area is 89.6 Å². The molecule has 3 rings (SSSR count). The SMILES string of the molecule is c1cc(C2=N[C@H]3CCCC[C@@H]3N2)ccn1. The molecule has 78 valence electrons. The van der Waals surface area contributed by atoms with E-state index in [2.05, 4.69) is 10.3 Å². The Morgan fingerprint density at radius 1 is 1.13 bits per heavy atom. The molecule has 15 heavy (non-hydrogen) atoms. The standard InChI is InChI=1S/C12H15N3/c1-2-4-11-10(3-1)14-12(15-11)9-5-7-13-8-6-9/h5-8,10-11H,1-4H2,(H,14,15)/t10-,11-/m0/s1. The van der Waals surface area contributed by atoms with E-state index in [-0.39, 0.29) is 0 Å². The first-order valence-electron chi connectivity index (χ1n) is 5.68. The van der Waals surface area contributed by atoms with Crippen LogP contribution in [0.25, 0.3) is 0 Å². The van der Waals surface area contributed by atoms with Gasteiger partial charge in [-0.3, -0.25) is 9.98 Å². The highest BCUT2D eigenvalue weighted by Gasteiger charge is 2.30. The molecule has 1 fully saturated rings. The van der Waals surface area contributed by atoms with Gasteiger partial charge in [-0.15, -0.1) is 0 Å². The first kappa shape index (κ1) is 8.89. The normalized spacial score (nSPS) is 29.2. The van der Waals surface area contributed by atoms with Gasteiger partial charge in [0.05, 0.1) is 6.04 Å². The zero-order valence-electron chi connectivity index (χ0n) is 8.69. The molecule has 1 aromatic rings. The second kappa shape index (κ2) is 3.65. The third-order valence-corrected chi connectivity index (χ3v) is 3.30. The van der Waals surface area contributed by atoms with Crippen molar-refractivity contribution in [3.63, 3.8) is 0 Å². The Bertz CT molecular complexity index is 372. The number of aliphatic imine (C=N–C) groups is 1. The van der Waals surface area contributed by atoms with Gasteiger partial charge in [0.15, 0.2) is 0 Å². The molecule has 2 atom stereocenters. The molecule has 3 heteroatoms. The zero-order valence-corrected chi connectivity index (χ0v) is 8.69. The maximum atomic E-state index is 4.76. The van der Waals surface area contributed by atoms with E-state index in [9.17, 15) is 0 Å². The molecule has 0 radical (unpaired) electrons. The number of pyridine rings is 1. The van der Waals surface area contributed by atoms with Gasteiger partial charge in [-0.25, -0.2) is 0 Å². The lowest BCUT2D eigenvalue weighted by molar-refractivity contribution is 0.385. The van der Waals surface area contributed by atoms with Gasteiger partial charge < -0.3 is 5.32 Å². The summed E-state index contributed by atoms with van der Waals surface area (Å²) in [6, 6.07) is 5.13. The third-order valence-electron chi connectivity index (χ3n) is 3.30. The van der Waals surface area contributed by atoms with E-state index in [0.29, 0.717) is 12.1 Å². The predicted octanol–water partition coefficient (Wildman–Crippen LogP) is 1.74. The van der Waals surface area contributed by atoms with Crippen molar-refractivity contribution in [3.8, 4) is 0 Å². The van der Waals surface area contributed by atoms with Crippen molar-refractivity contribution < 1.29 is 0 Å². The van der Waals surface area contributed by atoms with Crippen molar-refractivity contribution in [2.75, 3.05) is 0 Å². The predicted molar refractivity (Wildman–Crippen MR) is 60.0 cm³/mol. The van der Waals surface area contributed by atoms with Crippen LogP contribution in [0.5, 0.6) is 0 Å². The number of hydrogen-bond acceptors (Lipinski definition) is 3. The van der Waals surface area contributed by atoms with Crippen molar-refractivity contribution in [2.45, 2.75) is 37.8 Å². The van der Waals surface area contributed by atoms with E-state index in [4.69, 9.17) is 4.99 Å². The number of hydrogen-bond donors (Lipinski definition) is 1. The molecule has 0 unspecified atom stereocenters. The van der Waals surface area contributed by atoms with Gasteiger partial charge in [0, 0.05) is 24.0 Å². The Kier molecular flexibility index (Phi) is 2.16. The lowest BCUT2D eigenvalue weighted by atomic mass is 9.92. The quantitative estimate of drug-likeness (QED) is 0.751. The average molecular weight is 201 g/mol. The Morgan fingerprint density at radius 3 is 2.73 bits per heavy atom. The topological polar surface area (TPSA) is 37.3 Å². The summed E-state index contributed by atoms with van der Waals surface area (Å²) in [4.78, 5) is 8.78. The lowest BCUT2D eigenvalue weighted by Gasteiger charge is -2.23. The molecule has 0 amide bonds. The Balaban J connectivity index is 1.84.